The number of rotatable bonds is 5. The number of aliphatic hydroxyl groups excluding tert-OH is 2. The average molecular weight is 338 g/mol. The standard InChI is InChI=1S/C13H22N8O3/c1-3-13(2)6(4-22)24-11(8(13)23)21-5-16-7-9(19-14)17-12(20-15)18-10(7)21/h5-6,8,11,22-23H,3-4,14-15H2,1-2H3,(H2,17,18,19,20). The van der Waals surface area contributed by atoms with Gasteiger partial charge >= 0.3 is 0 Å². The second kappa shape index (κ2) is 6.11. The van der Waals surface area contributed by atoms with Crippen LogP contribution in [0.15, 0.2) is 6.33 Å². The molecule has 0 spiro atoms. The van der Waals surface area contributed by atoms with Gasteiger partial charge in [-0.2, -0.15) is 9.97 Å². The van der Waals surface area contributed by atoms with Crippen LogP contribution in [0.3, 0.4) is 0 Å². The van der Waals surface area contributed by atoms with Crippen LogP contribution in [0.4, 0.5) is 11.8 Å². The molecule has 11 heteroatoms. The Morgan fingerprint density at radius 1 is 1.38 bits per heavy atom. The van der Waals surface area contributed by atoms with Gasteiger partial charge in [0, 0.05) is 5.41 Å². The quantitative estimate of drug-likeness (QED) is 0.295. The number of aromatic nitrogens is 4. The Morgan fingerprint density at radius 2 is 2.12 bits per heavy atom. The fourth-order valence-corrected chi connectivity index (χ4v) is 3.09. The fourth-order valence-electron chi connectivity index (χ4n) is 3.09. The number of nitrogens with one attached hydrogen (secondary N) is 2. The third-order valence-electron chi connectivity index (χ3n) is 4.87. The van der Waals surface area contributed by atoms with Gasteiger partial charge in [0.15, 0.2) is 23.2 Å². The van der Waals surface area contributed by atoms with Crippen LogP contribution in [0, 0.1) is 5.41 Å². The molecule has 4 unspecified atom stereocenters. The van der Waals surface area contributed by atoms with Gasteiger partial charge < -0.3 is 20.4 Å². The number of ether oxygens (including phenoxy) is 1. The molecular weight excluding hydrogens is 316 g/mol. The molecule has 2 aromatic rings. The van der Waals surface area contributed by atoms with Crippen LogP contribution in [-0.2, 0) is 4.74 Å². The molecule has 1 aliphatic heterocycles. The second-order valence-electron chi connectivity index (χ2n) is 6.01. The highest BCUT2D eigenvalue weighted by atomic mass is 16.5. The first-order chi connectivity index (χ1) is 11.5. The van der Waals surface area contributed by atoms with E-state index in [9.17, 15) is 10.2 Å². The molecule has 1 fully saturated rings. The van der Waals surface area contributed by atoms with E-state index >= 15 is 0 Å². The molecule has 11 nitrogen and oxygen atoms in total. The smallest absolute Gasteiger partial charge is 0.241 e. The Labute approximate surface area is 138 Å². The lowest BCUT2D eigenvalue weighted by Gasteiger charge is -2.30. The summed E-state index contributed by atoms with van der Waals surface area (Å²) in [6.45, 7) is 3.63. The first-order valence-corrected chi connectivity index (χ1v) is 7.62. The zero-order valence-corrected chi connectivity index (χ0v) is 13.5. The van der Waals surface area contributed by atoms with Crippen molar-refractivity contribution in [1.29, 1.82) is 0 Å². The minimum absolute atomic E-state index is 0.140. The zero-order chi connectivity index (χ0) is 17.5. The summed E-state index contributed by atoms with van der Waals surface area (Å²) >= 11 is 0. The molecule has 132 valence electrons. The lowest BCUT2D eigenvalue weighted by molar-refractivity contribution is -0.0511. The summed E-state index contributed by atoms with van der Waals surface area (Å²) in [7, 11) is 0. The van der Waals surface area contributed by atoms with E-state index in [0.29, 0.717) is 17.6 Å². The van der Waals surface area contributed by atoms with E-state index in [2.05, 4.69) is 25.8 Å². The van der Waals surface area contributed by atoms with Gasteiger partial charge in [-0.15, -0.1) is 0 Å². The Balaban J connectivity index is 2.10. The van der Waals surface area contributed by atoms with Crippen molar-refractivity contribution in [2.45, 2.75) is 38.7 Å². The number of nitrogen functional groups attached to an aromatic ring is 2. The molecule has 3 heterocycles. The van der Waals surface area contributed by atoms with Crippen LogP contribution >= 0.6 is 0 Å². The van der Waals surface area contributed by atoms with E-state index < -0.39 is 23.9 Å². The first-order valence-electron chi connectivity index (χ1n) is 7.62. The van der Waals surface area contributed by atoms with E-state index in [4.69, 9.17) is 16.4 Å². The van der Waals surface area contributed by atoms with Gasteiger partial charge in [-0.25, -0.2) is 16.7 Å². The number of anilines is 2. The number of nitrogens with two attached hydrogens (primary N) is 2. The molecule has 0 radical (unpaired) electrons. The summed E-state index contributed by atoms with van der Waals surface area (Å²) in [5.41, 5.74) is 5.02. The Hall–Kier alpha value is -2.05. The van der Waals surface area contributed by atoms with Crippen molar-refractivity contribution in [1.82, 2.24) is 19.5 Å². The summed E-state index contributed by atoms with van der Waals surface area (Å²) in [4.78, 5) is 12.6. The summed E-state index contributed by atoms with van der Waals surface area (Å²) < 4.78 is 7.48. The van der Waals surface area contributed by atoms with Crippen LogP contribution < -0.4 is 22.5 Å². The summed E-state index contributed by atoms with van der Waals surface area (Å²) in [6, 6.07) is 0. The minimum Gasteiger partial charge on any atom is -0.394 e. The third-order valence-corrected chi connectivity index (χ3v) is 4.87. The molecular formula is C13H22N8O3. The normalized spacial score (nSPS) is 30.0. The molecule has 3 rings (SSSR count). The van der Waals surface area contributed by atoms with Crippen molar-refractivity contribution in [3.05, 3.63) is 6.33 Å². The predicted molar refractivity (Wildman–Crippen MR) is 86.3 cm³/mol. The molecule has 8 N–H and O–H groups in total. The van der Waals surface area contributed by atoms with Crippen molar-refractivity contribution in [3.63, 3.8) is 0 Å². The molecule has 4 atom stereocenters. The lowest BCUT2D eigenvalue weighted by Crippen LogP contribution is -2.38. The van der Waals surface area contributed by atoms with E-state index in [1.807, 2.05) is 13.8 Å². The van der Waals surface area contributed by atoms with Gasteiger partial charge in [0.2, 0.25) is 5.95 Å². The van der Waals surface area contributed by atoms with Crippen LogP contribution in [0.2, 0.25) is 0 Å². The predicted octanol–water partition coefficient (Wildman–Crippen LogP) is -0.936. The maximum absolute atomic E-state index is 10.8. The van der Waals surface area contributed by atoms with Crippen molar-refractivity contribution < 1.29 is 14.9 Å². The number of hydrazine groups is 2. The number of aliphatic hydroxyl groups is 2. The molecule has 0 aliphatic carbocycles. The van der Waals surface area contributed by atoms with Crippen LogP contribution in [0.25, 0.3) is 11.2 Å². The SMILES string of the molecule is CCC1(C)C(CO)OC(n2cnc3c(NN)nc(NN)nc32)C1O. The third kappa shape index (κ3) is 2.29. The van der Waals surface area contributed by atoms with Crippen molar-refractivity contribution >= 4 is 22.9 Å². The van der Waals surface area contributed by atoms with Gasteiger partial charge in [0.1, 0.15) is 6.10 Å². The van der Waals surface area contributed by atoms with Gasteiger partial charge in [0.25, 0.3) is 0 Å². The Morgan fingerprint density at radius 3 is 2.67 bits per heavy atom. The minimum atomic E-state index is -0.851. The van der Waals surface area contributed by atoms with Crippen molar-refractivity contribution in [2.75, 3.05) is 17.5 Å². The number of nitrogens with zero attached hydrogens (tertiary/aromatic N) is 4. The summed E-state index contributed by atoms with van der Waals surface area (Å²) in [6.07, 6.45) is 0.0345. The monoisotopic (exact) mass is 338 g/mol. The van der Waals surface area contributed by atoms with E-state index in [-0.39, 0.29) is 18.4 Å². The Bertz CT molecular complexity index is 737. The van der Waals surface area contributed by atoms with Gasteiger partial charge in [-0.05, 0) is 6.42 Å². The van der Waals surface area contributed by atoms with Gasteiger partial charge in [-0.3, -0.25) is 9.99 Å². The topological polar surface area (TPSA) is 169 Å². The summed E-state index contributed by atoms with van der Waals surface area (Å²) in [5.74, 6) is 11.3. The van der Waals surface area contributed by atoms with Gasteiger partial charge in [0.05, 0.1) is 19.0 Å². The van der Waals surface area contributed by atoms with Crippen molar-refractivity contribution in [2.24, 2.45) is 17.1 Å². The Kier molecular flexibility index (Phi) is 4.27. The average Bonchev–Trinajstić information content (AvgIpc) is 3.14. The highest BCUT2D eigenvalue weighted by Gasteiger charge is 2.52. The molecule has 24 heavy (non-hydrogen) atoms. The van der Waals surface area contributed by atoms with Crippen LogP contribution in [0.1, 0.15) is 26.5 Å². The molecule has 0 aromatic carbocycles. The van der Waals surface area contributed by atoms with E-state index in [1.165, 1.54) is 6.33 Å². The molecule has 2 aromatic heterocycles. The molecule has 1 aliphatic rings. The van der Waals surface area contributed by atoms with Crippen LogP contribution in [0.5, 0.6) is 0 Å². The number of hydrogen-bond donors (Lipinski definition) is 6. The number of hydrogen-bond acceptors (Lipinski definition) is 10. The maximum Gasteiger partial charge on any atom is 0.241 e. The van der Waals surface area contributed by atoms with E-state index in [0.717, 1.165) is 0 Å². The molecule has 0 saturated carbocycles. The number of fused-ring (bicyclic) bond motifs is 1. The molecule has 0 bridgehead atoms. The van der Waals surface area contributed by atoms with Crippen molar-refractivity contribution in [3.8, 4) is 0 Å². The number of imidazole rings is 1. The molecule has 1 saturated heterocycles. The lowest BCUT2D eigenvalue weighted by atomic mass is 9.78. The zero-order valence-electron chi connectivity index (χ0n) is 13.5. The van der Waals surface area contributed by atoms with E-state index in [1.54, 1.807) is 4.57 Å². The second-order valence-corrected chi connectivity index (χ2v) is 6.01. The highest BCUT2D eigenvalue weighted by Crippen LogP contribution is 2.46. The fraction of sp³-hybridized carbons (Fsp3) is 0.615. The first kappa shape index (κ1) is 16.8. The maximum atomic E-state index is 10.8. The summed E-state index contributed by atoms with van der Waals surface area (Å²) in [5, 5.41) is 20.4. The largest absolute Gasteiger partial charge is 0.394 e. The van der Waals surface area contributed by atoms with Gasteiger partial charge in [-0.1, -0.05) is 13.8 Å². The molecule has 0 amide bonds. The highest BCUT2D eigenvalue weighted by molar-refractivity contribution is 5.84. The van der Waals surface area contributed by atoms with Crippen LogP contribution in [-0.4, -0.2) is 48.5 Å².